The quantitative estimate of drug-likeness (QED) is 0.811. The molecule has 2 rings (SSSR count). The van der Waals surface area contributed by atoms with Crippen LogP contribution in [0.5, 0.6) is 0 Å². The minimum atomic E-state index is -0.178. The molecule has 1 unspecified atom stereocenters. The summed E-state index contributed by atoms with van der Waals surface area (Å²) < 4.78 is 15.0. The van der Waals surface area contributed by atoms with Crippen molar-refractivity contribution in [1.29, 1.82) is 0 Å². The monoisotopic (exact) mass is 335 g/mol. The van der Waals surface area contributed by atoms with E-state index in [0.29, 0.717) is 5.56 Å². The number of benzene rings is 2. The molecule has 3 heteroatoms. The largest absolute Gasteiger partial charge is 0.306 e. The van der Waals surface area contributed by atoms with Crippen molar-refractivity contribution in [3.8, 4) is 0 Å². The lowest BCUT2D eigenvalue weighted by atomic mass is 9.97. The molecule has 1 nitrogen and oxygen atoms in total. The van der Waals surface area contributed by atoms with Gasteiger partial charge in [0.25, 0.3) is 0 Å². The summed E-state index contributed by atoms with van der Waals surface area (Å²) in [6.07, 6.45) is 1.01. The van der Waals surface area contributed by atoms with E-state index in [2.05, 4.69) is 59.4 Å². The van der Waals surface area contributed by atoms with Crippen LogP contribution in [0, 0.1) is 12.7 Å². The second kappa shape index (κ2) is 7.00. The van der Waals surface area contributed by atoms with Gasteiger partial charge in [0.1, 0.15) is 5.82 Å². The highest BCUT2D eigenvalue weighted by molar-refractivity contribution is 9.10. The molecule has 0 aromatic heterocycles. The molecular weight excluding hydrogens is 317 g/mol. The van der Waals surface area contributed by atoms with E-state index in [9.17, 15) is 4.39 Å². The second-order valence-electron chi connectivity index (χ2n) is 4.96. The van der Waals surface area contributed by atoms with Gasteiger partial charge < -0.3 is 5.32 Å². The van der Waals surface area contributed by atoms with Gasteiger partial charge in [-0.2, -0.15) is 0 Å². The zero-order valence-corrected chi connectivity index (χ0v) is 13.4. The van der Waals surface area contributed by atoms with E-state index in [-0.39, 0.29) is 11.9 Å². The maximum absolute atomic E-state index is 14.2. The molecule has 106 valence electrons. The van der Waals surface area contributed by atoms with Gasteiger partial charge in [0.05, 0.1) is 6.04 Å². The van der Waals surface area contributed by atoms with Crippen molar-refractivity contribution in [2.45, 2.75) is 26.3 Å². The molecule has 0 saturated carbocycles. The zero-order valence-electron chi connectivity index (χ0n) is 11.8. The van der Waals surface area contributed by atoms with Crippen LogP contribution in [0.1, 0.15) is 36.1 Å². The molecule has 0 amide bonds. The third kappa shape index (κ3) is 3.68. The molecule has 0 aliphatic carbocycles. The SMILES string of the molecule is CCCNC(c1ccc(C)cc1)c1cc(Br)ccc1F. The Hall–Kier alpha value is -1.19. The lowest BCUT2D eigenvalue weighted by Crippen LogP contribution is -2.24. The van der Waals surface area contributed by atoms with Crippen molar-refractivity contribution >= 4 is 15.9 Å². The van der Waals surface area contributed by atoms with Gasteiger partial charge in [-0.1, -0.05) is 52.7 Å². The molecule has 20 heavy (non-hydrogen) atoms. The Kier molecular flexibility index (Phi) is 5.32. The van der Waals surface area contributed by atoms with E-state index in [1.165, 1.54) is 11.6 Å². The molecule has 0 aliphatic heterocycles. The molecule has 1 N–H and O–H groups in total. The fraction of sp³-hybridized carbons (Fsp3) is 0.294. The fourth-order valence-corrected chi connectivity index (χ4v) is 2.57. The van der Waals surface area contributed by atoms with E-state index in [1.54, 1.807) is 6.07 Å². The Morgan fingerprint density at radius 3 is 2.50 bits per heavy atom. The first kappa shape index (κ1) is 15.2. The molecular formula is C17H19BrFN. The van der Waals surface area contributed by atoms with Crippen molar-refractivity contribution in [2.75, 3.05) is 6.54 Å². The summed E-state index contributed by atoms with van der Waals surface area (Å²) in [5.41, 5.74) is 2.97. The molecule has 0 bridgehead atoms. The number of rotatable bonds is 5. The maximum Gasteiger partial charge on any atom is 0.128 e. The summed E-state index contributed by atoms with van der Waals surface area (Å²) in [6, 6.07) is 13.2. The highest BCUT2D eigenvalue weighted by atomic mass is 79.9. The van der Waals surface area contributed by atoms with Crippen LogP contribution in [0.25, 0.3) is 0 Å². The van der Waals surface area contributed by atoms with Gasteiger partial charge in [0.2, 0.25) is 0 Å². The van der Waals surface area contributed by atoms with Gasteiger partial charge in [-0.3, -0.25) is 0 Å². The van der Waals surface area contributed by atoms with Crippen LogP contribution in [0.4, 0.5) is 4.39 Å². The number of hydrogen-bond donors (Lipinski definition) is 1. The molecule has 0 heterocycles. The van der Waals surface area contributed by atoms with E-state index < -0.39 is 0 Å². The molecule has 2 aromatic rings. The summed E-state index contributed by atoms with van der Waals surface area (Å²) in [4.78, 5) is 0. The lowest BCUT2D eigenvalue weighted by Gasteiger charge is -2.20. The smallest absolute Gasteiger partial charge is 0.128 e. The van der Waals surface area contributed by atoms with Crippen LogP contribution in [-0.2, 0) is 0 Å². The normalized spacial score (nSPS) is 12.4. The average Bonchev–Trinajstić information content (AvgIpc) is 2.44. The van der Waals surface area contributed by atoms with Crippen molar-refractivity contribution in [3.05, 3.63) is 69.4 Å². The minimum Gasteiger partial charge on any atom is -0.306 e. The summed E-state index contributed by atoms with van der Waals surface area (Å²) in [5.74, 6) is -0.178. The number of hydrogen-bond acceptors (Lipinski definition) is 1. The standard InChI is InChI=1S/C17H19BrFN/c1-3-10-20-17(13-6-4-12(2)5-7-13)15-11-14(18)8-9-16(15)19/h4-9,11,17,20H,3,10H2,1-2H3. The van der Waals surface area contributed by atoms with Gasteiger partial charge in [-0.15, -0.1) is 0 Å². The molecule has 0 radical (unpaired) electrons. The summed E-state index contributed by atoms with van der Waals surface area (Å²) in [7, 11) is 0. The zero-order chi connectivity index (χ0) is 14.5. The number of halogens is 2. The third-order valence-electron chi connectivity index (χ3n) is 3.28. The predicted octanol–water partition coefficient (Wildman–Crippen LogP) is 4.99. The number of aryl methyl sites for hydroxylation is 1. The van der Waals surface area contributed by atoms with E-state index >= 15 is 0 Å². The van der Waals surface area contributed by atoms with Gasteiger partial charge in [-0.25, -0.2) is 4.39 Å². The summed E-state index contributed by atoms with van der Waals surface area (Å²) in [5, 5.41) is 3.43. The van der Waals surface area contributed by atoms with Crippen molar-refractivity contribution in [1.82, 2.24) is 5.32 Å². The second-order valence-corrected chi connectivity index (χ2v) is 5.88. The number of nitrogens with one attached hydrogen (secondary N) is 1. The maximum atomic E-state index is 14.2. The Labute approximate surface area is 128 Å². The van der Waals surface area contributed by atoms with Crippen LogP contribution in [0.3, 0.4) is 0 Å². The van der Waals surface area contributed by atoms with Gasteiger partial charge in [0, 0.05) is 10.0 Å². The Morgan fingerprint density at radius 1 is 1.15 bits per heavy atom. The topological polar surface area (TPSA) is 12.0 Å². The first-order valence-electron chi connectivity index (χ1n) is 6.86. The average molecular weight is 336 g/mol. The minimum absolute atomic E-state index is 0.118. The summed E-state index contributed by atoms with van der Waals surface area (Å²) >= 11 is 3.42. The van der Waals surface area contributed by atoms with Crippen LogP contribution < -0.4 is 5.32 Å². The van der Waals surface area contributed by atoms with E-state index in [1.807, 2.05) is 6.07 Å². The predicted molar refractivity (Wildman–Crippen MR) is 85.4 cm³/mol. The first-order valence-corrected chi connectivity index (χ1v) is 7.66. The molecule has 0 spiro atoms. The Bertz CT molecular complexity index is 566. The molecule has 1 atom stereocenters. The van der Waals surface area contributed by atoms with Gasteiger partial charge >= 0.3 is 0 Å². The van der Waals surface area contributed by atoms with Crippen LogP contribution in [0.15, 0.2) is 46.9 Å². The summed E-state index contributed by atoms with van der Waals surface area (Å²) in [6.45, 7) is 5.01. The van der Waals surface area contributed by atoms with Gasteiger partial charge in [-0.05, 0) is 43.7 Å². The Balaban J connectivity index is 2.41. The van der Waals surface area contributed by atoms with Crippen LogP contribution >= 0.6 is 15.9 Å². The highest BCUT2D eigenvalue weighted by Crippen LogP contribution is 2.27. The molecule has 0 aliphatic rings. The van der Waals surface area contributed by atoms with E-state index in [0.717, 1.165) is 23.0 Å². The molecule has 0 fully saturated rings. The first-order chi connectivity index (χ1) is 9.61. The van der Waals surface area contributed by atoms with Crippen molar-refractivity contribution < 1.29 is 4.39 Å². The van der Waals surface area contributed by atoms with Crippen LogP contribution in [0.2, 0.25) is 0 Å². The molecule has 0 saturated heterocycles. The van der Waals surface area contributed by atoms with Crippen molar-refractivity contribution in [2.24, 2.45) is 0 Å². The molecule has 2 aromatic carbocycles. The fourth-order valence-electron chi connectivity index (χ4n) is 2.19. The van der Waals surface area contributed by atoms with E-state index in [4.69, 9.17) is 0 Å². The Morgan fingerprint density at radius 2 is 1.85 bits per heavy atom. The van der Waals surface area contributed by atoms with Crippen molar-refractivity contribution in [3.63, 3.8) is 0 Å². The highest BCUT2D eigenvalue weighted by Gasteiger charge is 2.17. The lowest BCUT2D eigenvalue weighted by molar-refractivity contribution is 0.546. The van der Waals surface area contributed by atoms with Gasteiger partial charge in [0.15, 0.2) is 0 Å². The van der Waals surface area contributed by atoms with Crippen LogP contribution in [-0.4, -0.2) is 6.54 Å². The third-order valence-corrected chi connectivity index (χ3v) is 3.77.